The summed E-state index contributed by atoms with van der Waals surface area (Å²) in [4.78, 5) is 12.2. The number of hydrogen-bond acceptors (Lipinski definition) is 3. The standard InChI is InChI=1S/C11H12BrFN2O2/c12-8-4-5-9(11(10(8)13)15(16)17)14-6-2-1-3-7-14/h4-5H,1-3,6-7H2. The molecule has 1 aliphatic rings. The molecule has 0 amide bonds. The van der Waals surface area contributed by atoms with E-state index in [9.17, 15) is 14.5 Å². The van der Waals surface area contributed by atoms with Gasteiger partial charge in [0.1, 0.15) is 5.69 Å². The van der Waals surface area contributed by atoms with Gasteiger partial charge in [-0.15, -0.1) is 0 Å². The largest absolute Gasteiger partial charge is 0.366 e. The van der Waals surface area contributed by atoms with Gasteiger partial charge in [-0.1, -0.05) is 0 Å². The Labute approximate surface area is 107 Å². The fourth-order valence-corrected chi connectivity index (χ4v) is 2.41. The molecular formula is C11H12BrFN2O2. The number of anilines is 1. The topological polar surface area (TPSA) is 46.4 Å². The van der Waals surface area contributed by atoms with Crippen molar-refractivity contribution in [1.29, 1.82) is 0 Å². The summed E-state index contributed by atoms with van der Waals surface area (Å²) in [5.41, 5.74) is -0.0447. The second-order valence-corrected chi connectivity index (χ2v) is 4.89. The van der Waals surface area contributed by atoms with Crippen molar-refractivity contribution in [3.05, 3.63) is 32.5 Å². The molecule has 4 nitrogen and oxygen atoms in total. The van der Waals surface area contributed by atoms with Crippen molar-refractivity contribution in [3.63, 3.8) is 0 Å². The number of piperidine rings is 1. The molecule has 1 aromatic carbocycles. The first-order valence-corrected chi connectivity index (χ1v) is 6.28. The third-order valence-electron chi connectivity index (χ3n) is 2.93. The highest BCUT2D eigenvalue weighted by molar-refractivity contribution is 9.10. The Morgan fingerprint density at radius 3 is 2.53 bits per heavy atom. The molecule has 92 valence electrons. The van der Waals surface area contributed by atoms with Crippen LogP contribution in [0.15, 0.2) is 16.6 Å². The van der Waals surface area contributed by atoms with Crippen LogP contribution in [0.2, 0.25) is 0 Å². The zero-order chi connectivity index (χ0) is 12.4. The Morgan fingerprint density at radius 1 is 1.29 bits per heavy atom. The van der Waals surface area contributed by atoms with Crippen LogP contribution < -0.4 is 4.90 Å². The number of benzene rings is 1. The number of hydrogen-bond donors (Lipinski definition) is 0. The van der Waals surface area contributed by atoms with Crippen molar-refractivity contribution < 1.29 is 9.31 Å². The zero-order valence-electron chi connectivity index (χ0n) is 9.16. The Morgan fingerprint density at radius 2 is 1.94 bits per heavy atom. The maximum atomic E-state index is 13.8. The molecule has 0 aliphatic carbocycles. The molecule has 0 spiro atoms. The summed E-state index contributed by atoms with van der Waals surface area (Å²) in [5, 5.41) is 11.0. The fourth-order valence-electron chi connectivity index (χ4n) is 2.09. The Balaban J connectivity index is 2.45. The predicted octanol–water partition coefficient (Wildman–Crippen LogP) is 3.49. The van der Waals surface area contributed by atoms with Crippen LogP contribution in [-0.4, -0.2) is 18.0 Å². The highest BCUT2D eigenvalue weighted by Crippen LogP contribution is 2.36. The van der Waals surface area contributed by atoms with Gasteiger partial charge in [-0.25, -0.2) is 0 Å². The van der Waals surface area contributed by atoms with E-state index in [2.05, 4.69) is 15.9 Å². The average Bonchev–Trinajstić information content (AvgIpc) is 2.33. The molecule has 1 aromatic rings. The molecule has 17 heavy (non-hydrogen) atoms. The number of nitro groups is 1. The molecule has 0 saturated carbocycles. The molecule has 1 fully saturated rings. The minimum atomic E-state index is -0.793. The van der Waals surface area contributed by atoms with Crippen molar-refractivity contribution in [3.8, 4) is 0 Å². The Bertz CT molecular complexity index is 447. The van der Waals surface area contributed by atoms with E-state index in [4.69, 9.17) is 0 Å². The summed E-state index contributed by atoms with van der Waals surface area (Å²) in [5.74, 6) is -0.793. The first kappa shape index (κ1) is 12.3. The molecule has 6 heteroatoms. The van der Waals surface area contributed by atoms with Gasteiger partial charge in [-0.05, 0) is 47.3 Å². The number of rotatable bonds is 2. The molecule has 0 unspecified atom stereocenters. The van der Waals surface area contributed by atoms with Crippen LogP contribution in [0, 0.1) is 15.9 Å². The Kier molecular flexibility index (Phi) is 3.61. The van der Waals surface area contributed by atoms with Gasteiger partial charge in [0.2, 0.25) is 5.82 Å². The minimum Gasteiger partial charge on any atom is -0.366 e. The lowest BCUT2D eigenvalue weighted by Crippen LogP contribution is -2.30. The number of nitro benzene ring substituents is 1. The van der Waals surface area contributed by atoms with Gasteiger partial charge in [-0.3, -0.25) is 10.1 Å². The smallest absolute Gasteiger partial charge is 0.329 e. The second-order valence-electron chi connectivity index (χ2n) is 4.03. The van der Waals surface area contributed by atoms with Crippen LogP contribution in [0.3, 0.4) is 0 Å². The summed E-state index contributed by atoms with van der Waals surface area (Å²) >= 11 is 2.97. The molecule has 0 bridgehead atoms. The highest BCUT2D eigenvalue weighted by atomic mass is 79.9. The quantitative estimate of drug-likeness (QED) is 0.620. The third kappa shape index (κ3) is 2.41. The monoisotopic (exact) mass is 302 g/mol. The van der Waals surface area contributed by atoms with Gasteiger partial charge in [0.25, 0.3) is 0 Å². The van der Waals surface area contributed by atoms with Crippen LogP contribution >= 0.6 is 15.9 Å². The van der Waals surface area contributed by atoms with Crippen LogP contribution in [0.25, 0.3) is 0 Å². The molecule has 0 N–H and O–H groups in total. The molecule has 0 aromatic heterocycles. The lowest BCUT2D eigenvalue weighted by molar-refractivity contribution is -0.386. The van der Waals surface area contributed by atoms with E-state index in [-0.39, 0.29) is 4.47 Å². The summed E-state index contributed by atoms with van der Waals surface area (Å²) in [6.07, 6.45) is 3.12. The van der Waals surface area contributed by atoms with Gasteiger partial charge in [0.05, 0.1) is 9.40 Å². The first-order chi connectivity index (χ1) is 8.11. The fraction of sp³-hybridized carbons (Fsp3) is 0.455. The van der Waals surface area contributed by atoms with Crippen molar-refractivity contribution in [2.45, 2.75) is 19.3 Å². The minimum absolute atomic E-state index is 0.130. The van der Waals surface area contributed by atoms with Crippen LogP contribution in [-0.2, 0) is 0 Å². The van der Waals surface area contributed by atoms with Gasteiger partial charge in [-0.2, -0.15) is 4.39 Å². The van der Waals surface area contributed by atoms with Crippen molar-refractivity contribution in [1.82, 2.24) is 0 Å². The van der Waals surface area contributed by atoms with E-state index in [0.717, 1.165) is 32.4 Å². The SMILES string of the molecule is O=[N+]([O-])c1c(N2CCCCC2)ccc(Br)c1F. The highest BCUT2D eigenvalue weighted by Gasteiger charge is 2.27. The van der Waals surface area contributed by atoms with E-state index in [1.54, 1.807) is 6.07 Å². The normalized spacial score (nSPS) is 16.0. The number of nitrogens with zero attached hydrogens (tertiary/aromatic N) is 2. The van der Waals surface area contributed by atoms with Crippen LogP contribution in [0.1, 0.15) is 19.3 Å². The maximum Gasteiger partial charge on any atom is 0.329 e. The van der Waals surface area contributed by atoms with Gasteiger partial charge >= 0.3 is 5.69 Å². The van der Waals surface area contributed by atoms with E-state index in [0.29, 0.717) is 5.69 Å². The zero-order valence-corrected chi connectivity index (χ0v) is 10.7. The Hall–Kier alpha value is -1.17. The molecule has 1 heterocycles. The van der Waals surface area contributed by atoms with Crippen molar-refractivity contribution >= 4 is 27.3 Å². The average molecular weight is 303 g/mol. The molecule has 0 radical (unpaired) electrons. The molecule has 1 saturated heterocycles. The second kappa shape index (κ2) is 5.00. The summed E-state index contributed by atoms with van der Waals surface area (Å²) in [6, 6.07) is 3.13. The molecule has 2 rings (SSSR count). The third-order valence-corrected chi connectivity index (χ3v) is 3.54. The van der Waals surface area contributed by atoms with Crippen molar-refractivity contribution in [2.24, 2.45) is 0 Å². The van der Waals surface area contributed by atoms with Crippen LogP contribution in [0.5, 0.6) is 0 Å². The maximum absolute atomic E-state index is 13.8. The van der Waals surface area contributed by atoms with E-state index >= 15 is 0 Å². The summed E-state index contributed by atoms with van der Waals surface area (Å²) in [7, 11) is 0. The van der Waals surface area contributed by atoms with Gasteiger partial charge in [0, 0.05) is 13.1 Å². The van der Waals surface area contributed by atoms with Gasteiger partial charge < -0.3 is 4.90 Å². The van der Waals surface area contributed by atoms with Gasteiger partial charge in [0.15, 0.2) is 0 Å². The lowest BCUT2D eigenvalue weighted by atomic mass is 10.1. The molecular weight excluding hydrogens is 291 g/mol. The van der Waals surface area contributed by atoms with E-state index in [1.807, 2.05) is 4.90 Å². The van der Waals surface area contributed by atoms with E-state index in [1.165, 1.54) is 6.07 Å². The molecule has 1 aliphatic heterocycles. The first-order valence-electron chi connectivity index (χ1n) is 5.48. The van der Waals surface area contributed by atoms with Crippen molar-refractivity contribution in [2.75, 3.05) is 18.0 Å². The van der Waals surface area contributed by atoms with E-state index < -0.39 is 16.4 Å². The van der Waals surface area contributed by atoms with Crippen LogP contribution in [0.4, 0.5) is 15.8 Å². The summed E-state index contributed by atoms with van der Waals surface area (Å²) < 4.78 is 13.9. The molecule has 0 atom stereocenters. The predicted molar refractivity (Wildman–Crippen MR) is 66.8 cm³/mol. The summed E-state index contributed by atoms with van der Waals surface area (Å²) in [6.45, 7) is 1.50. The number of halogens is 2. The lowest BCUT2D eigenvalue weighted by Gasteiger charge is -2.28.